The van der Waals surface area contributed by atoms with E-state index in [1.165, 1.54) is 12.8 Å². The van der Waals surface area contributed by atoms with Crippen molar-refractivity contribution in [2.45, 2.75) is 63.6 Å². The molecule has 5 heteroatoms. The van der Waals surface area contributed by atoms with Gasteiger partial charge in [0, 0.05) is 12.5 Å². The van der Waals surface area contributed by atoms with E-state index < -0.39 is 0 Å². The third-order valence-corrected chi connectivity index (χ3v) is 4.15. The number of hydrogen-bond donors (Lipinski definition) is 1. The van der Waals surface area contributed by atoms with E-state index in [0.29, 0.717) is 24.3 Å². The summed E-state index contributed by atoms with van der Waals surface area (Å²) in [6.45, 7) is 2.68. The summed E-state index contributed by atoms with van der Waals surface area (Å²) in [5.74, 6) is 2.32. The molecule has 2 saturated carbocycles. The molecule has 0 aromatic carbocycles. The van der Waals surface area contributed by atoms with Gasteiger partial charge in [-0.25, -0.2) is 0 Å². The minimum Gasteiger partial charge on any atom is -0.393 e. The quantitative estimate of drug-likeness (QED) is 0.887. The number of aliphatic hydroxyl groups is 1. The molecule has 0 bridgehead atoms. The van der Waals surface area contributed by atoms with Crippen LogP contribution in [0.3, 0.4) is 0 Å². The van der Waals surface area contributed by atoms with Gasteiger partial charge in [-0.3, -0.25) is 0 Å². The molecule has 2 aliphatic carbocycles. The fourth-order valence-electron chi connectivity index (χ4n) is 2.85. The standard InChI is InChI=1S/C14H22N2O3/c1-2-18-12(9-3-4-9)13-15-14(19-16-13)10-5-7-11(17)8-6-10/h9-12,17H,2-8H2,1H3. The van der Waals surface area contributed by atoms with Crippen LogP contribution in [0, 0.1) is 5.92 Å². The summed E-state index contributed by atoms with van der Waals surface area (Å²) in [5.41, 5.74) is 0. The molecule has 19 heavy (non-hydrogen) atoms. The van der Waals surface area contributed by atoms with E-state index in [0.717, 1.165) is 31.6 Å². The van der Waals surface area contributed by atoms with Gasteiger partial charge in [-0.15, -0.1) is 0 Å². The largest absolute Gasteiger partial charge is 0.393 e. The summed E-state index contributed by atoms with van der Waals surface area (Å²) in [6, 6.07) is 0. The Kier molecular flexibility index (Phi) is 3.84. The lowest BCUT2D eigenvalue weighted by Gasteiger charge is -2.22. The van der Waals surface area contributed by atoms with E-state index in [9.17, 15) is 5.11 Å². The third kappa shape index (κ3) is 2.98. The van der Waals surface area contributed by atoms with Crippen molar-refractivity contribution in [2.24, 2.45) is 5.92 Å². The predicted molar refractivity (Wildman–Crippen MR) is 68.6 cm³/mol. The van der Waals surface area contributed by atoms with Crippen molar-refractivity contribution in [3.8, 4) is 0 Å². The number of hydrogen-bond acceptors (Lipinski definition) is 5. The fourth-order valence-corrected chi connectivity index (χ4v) is 2.85. The van der Waals surface area contributed by atoms with Gasteiger partial charge in [0.05, 0.1) is 6.10 Å². The van der Waals surface area contributed by atoms with E-state index in [1.807, 2.05) is 6.92 Å². The molecule has 0 aliphatic heterocycles. The van der Waals surface area contributed by atoms with E-state index in [4.69, 9.17) is 9.26 Å². The molecule has 0 radical (unpaired) electrons. The predicted octanol–water partition coefficient (Wildman–Crippen LogP) is 2.58. The van der Waals surface area contributed by atoms with Crippen molar-refractivity contribution >= 4 is 0 Å². The molecule has 2 fully saturated rings. The van der Waals surface area contributed by atoms with E-state index in [-0.39, 0.29) is 12.2 Å². The van der Waals surface area contributed by atoms with Gasteiger partial charge >= 0.3 is 0 Å². The molecule has 106 valence electrons. The van der Waals surface area contributed by atoms with Gasteiger partial charge < -0.3 is 14.4 Å². The van der Waals surface area contributed by atoms with Gasteiger partial charge in [0.25, 0.3) is 0 Å². The number of ether oxygens (including phenoxy) is 1. The fraction of sp³-hybridized carbons (Fsp3) is 0.857. The zero-order valence-electron chi connectivity index (χ0n) is 11.4. The lowest BCUT2D eigenvalue weighted by Crippen LogP contribution is -2.17. The first-order valence-corrected chi connectivity index (χ1v) is 7.41. The number of nitrogens with zero attached hydrogens (tertiary/aromatic N) is 2. The Morgan fingerprint density at radius 2 is 2.00 bits per heavy atom. The molecule has 0 spiro atoms. The number of aromatic nitrogens is 2. The van der Waals surface area contributed by atoms with Gasteiger partial charge in [0.1, 0.15) is 6.10 Å². The van der Waals surface area contributed by atoms with Crippen LogP contribution in [0.1, 0.15) is 69.2 Å². The van der Waals surface area contributed by atoms with Gasteiger partial charge in [0.2, 0.25) is 11.7 Å². The highest BCUT2D eigenvalue weighted by molar-refractivity contribution is 5.02. The molecular weight excluding hydrogens is 244 g/mol. The highest BCUT2D eigenvalue weighted by Crippen LogP contribution is 2.43. The van der Waals surface area contributed by atoms with E-state index in [2.05, 4.69) is 10.1 Å². The summed E-state index contributed by atoms with van der Waals surface area (Å²) in [5, 5.41) is 13.6. The lowest BCUT2D eigenvalue weighted by atomic mass is 9.87. The molecular formula is C14H22N2O3. The Bertz CT molecular complexity index is 409. The van der Waals surface area contributed by atoms with Crippen LogP contribution < -0.4 is 0 Å². The van der Waals surface area contributed by atoms with Crippen LogP contribution in [0.25, 0.3) is 0 Å². The average molecular weight is 266 g/mol. The topological polar surface area (TPSA) is 68.4 Å². The Balaban J connectivity index is 1.68. The van der Waals surface area contributed by atoms with Gasteiger partial charge in [-0.2, -0.15) is 4.98 Å². The second-order valence-corrected chi connectivity index (χ2v) is 5.71. The zero-order chi connectivity index (χ0) is 13.2. The van der Waals surface area contributed by atoms with Crippen molar-refractivity contribution in [3.63, 3.8) is 0 Å². The summed E-state index contributed by atoms with van der Waals surface area (Å²) < 4.78 is 11.2. The molecule has 1 heterocycles. The molecule has 1 aromatic heterocycles. The minimum atomic E-state index is -0.152. The van der Waals surface area contributed by atoms with Crippen molar-refractivity contribution in [2.75, 3.05) is 6.61 Å². The van der Waals surface area contributed by atoms with Gasteiger partial charge in [-0.1, -0.05) is 5.16 Å². The second kappa shape index (κ2) is 5.59. The molecule has 2 aliphatic rings. The third-order valence-electron chi connectivity index (χ3n) is 4.15. The Hall–Kier alpha value is -0.940. The summed E-state index contributed by atoms with van der Waals surface area (Å²) in [6.07, 6.45) is 5.79. The monoisotopic (exact) mass is 266 g/mol. The average Bonchev–Trinajstić information content (AvgIpc) is 3.14. The lowest BCUT2D eigenvalue weighted by molar-refractivity contribution is 0.0384. The maximum atomic E-state index is 9.53. The maximum absolute atomic E-state index is 9.53. The van der Waals surface area contributed by atoms with E-state index >= 15 is 0 Å². The summed E-state index contributed by atoms with van der Waals surface area (Å²) in [4.78, 5) is 4.55. The van der Waals surface area contributed by atoms with Crippen LogP contribution in [-0.4, -0.2) is 28.0 Å². The number of rotatable bonds is 5. The molecule has 3 rings (SSSR count). The van der Waals surface area contributed by atoms with Crippen LogP contribution in [0.4, 0.5) is 0 Å². The van der Waals surface area contributed by atoms with Gasteiger partial charge in [0.15, 0.2) is 0 Å². The Labute approximate surface area is 113 Å². The van der Waals surface area contributed by atoms with Crippen molar-refractivity contribution in [1.82, 2.24) is 10.1 Å². The van der Waals surface area contributed by atoms with Crippen molar-refractivity contribution in [1.29, 1.82) is 0 Å². The number of aliphatic hydroxyl groups excluding tert-OH is 1. The molecule has 1 N–H and O–H groups in total. The van der Waals surface area contributed by atoms with Crippen molar-refractivity contribution in [3.05, 3.63) is 11.7 Å². The van der Waals surface area contributed by atoms with Gasteiger partial charge in [-0.05, 0) is 51.4 Å². The SMILES string of the molecule is CCOC(c1noc(C2CCC(O)CC2)n1)C1CC1. The molecule has 1 aromatic rings. The van der Waals surface area contributed by atoms with Crippen LogP contribution in [0.5, 0.6) is 0 Å². The Morgan fingerprint density at radius 3 is 2.63 bits per heavy atom. The van der Waals surface area contributed by atoms with Crippen molar-refractivity contribution < 1.29 is 14.4 Å². The minimum absolute atomic E-state index is 0.0108. The van der Waals surface area contributed by atoms with E-state index in [1.54, 1.807) is 0 Å². The second-order valence-electron chi connectivity index (χ2n) is 5.71. The molecule has 1 unspecified atom stereocenters. The first-order valence-electron chi connectivity index (χ1n) is 7.41. The molecule has 5 nitrogen and oxygen atoms in total. The first kappa shape index (κ1) is 13.1. The Morgan fingerprint density at radius 1 is 1.26 bits per heavy atom. The van der Waals surface area contributed by atoms with Crippen LogP contribution in [-0.2, 0) is 4.74 Å². The first-order chi connectivity index (χ1) is 9.28. The zero-order valence-corrected chi connectivity index (χ0v) is 11.4. The normalized spacial score (nSPS) is 29.4. The molecule has 0 saturated heterocycles. The van der Waals surface area contributed by atoms with Crippen LogP contribution in [0.15, 0.2) is 4.52 Å². The van der Waals surface area contributed by atoms with Crippen LogP contribution >= 0.6 is 0 Å². The maximum Gasteiger partial charge on any atom is 0.229 e. The molecule has 1 atom stereocenters. The highest BCUT2D eigenvalue weighted by Gasteiger charge is 2.37. The summed E-state index contributed by atoms with van der Waals surface area (Å²) in [7, 11) is 0. The smallest absolute Gasteiger partial charge is 0.229 e. The highest BCUT2D eigenvalue weighted by atomic mass is 16.5. The van der Waals surface area contributed by atoms with Crippen LogP contribution in [0.2, 0.25) is 0 Å². The summed E-state index contributed by atoms with van der Waals surface area (Å²) >= 11 is 0. The molecule has 0 amide bonds.